The van der Waals surface area contributed by atoms with E-state index in [1.807, 2.05) is 0 Å². The number of carbonyl (C=O) groups is 4. The Hall–Kier alpha value is -4.49. The van der Waals surface area contributed by atoms with Crippen LogP contribution in [0.2, 0.25) is 0 Å². The first-order valence-corrected chi connectivity index (χ1v) is 13.3. The van der Waals surface area contributed by atoms with Crippen molar-refractivity contribution in [3.8, 4) is 0 Å². The second kappa shape index (κ2) is 10.4. The lowest BCUT2D eigenvalue weighted by Crippen LogP contribution is -2.60. The Balaban J connectivity index is 1.35. The predicted octanol–water partition coefficient (Wildman–Crippen LogP) is 3.71. The molecule has 5 rings (SSSR count). The average Bonchev–Trinajstić information content (AvgIpc) is 3.48. The Morgan fingerprint density at radius 2 is 1.76 bits per heavy atom. The molecule has 0 saturated carbocycles. The van der Waals surface area contributed by atoms with Crippen LogP contribution in [0.4, 0.5) is 28.0 Å². The summed E-state index contributed by atoms with van der Waals surface area (Å²) in [7, 11) is 1.40. The first-order chi connectivity index (χ1) is 19.7. The van der Waals surface area contributed by atoms with Gasteiger partial charge in [0.15, 0.2) is 0 Å². The summed E-state index contributed by atoms with van der Waals surface area (Å²) >= 11 is 0. The van der Waals surface area contributed by atoms with Gasteiger partial charge < -0.3 is 14.6 Å². The highest BCUT2D eigenvalue weighted by atomic mass is 19.4. The number of hydrogen-bond donors (Lipinski definition) is 1. The topological polar surface area (TPSA) is 107 Å². The number of piperidine rings is 1. The fourth-order valence-corrected chi connectivity index (χ4v) is 5.57. The third-order valence-corrected chi connectivity index (χ3v) is 7.90. The molecule has 1 N–H and O–H groups in total. The summed E-state index contributed by atoms with van der Waals surface area (Å²) in [6, 6.07) is 3.24. The van der Waals surface area contributed by atoms with Gasteiger partial charge in [-0.25, -0.2) is 14.2 Å². The van der Waals surface area contributed by atoms with Crippen LogP contribution >= 0.6 is 0 Å². The van der Waals surface area contributed by atoms with Gasteiger partial charge in [-0.05, 0) is 49.1 Å². The van der Waals surface area contributed by atoms with Gasteiger partial charge in [-0.2, -0.15) is 13.2 Å². The van der Waals surface area contributed by atoms with E-state index in [2.05, 4.69) is 10.3 Å². The zero-order chi connectivity index (χ0) is 30.6. The molecule has 3 aromatic rings. The summed E-state index contributed by atoms with van der Waals surface area (Å²) in [6.07, 6.45) is 0.444. The molecule has 42 heavy (non-hydrogen) atoms. The van der Waals surface area contributed by atoms with Gasteiger partial charge in [0.1, 0.15) is 23.0 Å². The van der Waals surface area contributed by atoms with Crippen LogP contribution in [0.5, 0.6) is 0 Å². The average molecular weight is 589 g/mol. The summed E-state index contributed by atoms with van der Waals surface area (Å²) in [5.41, 5.74) is -2.12. The maximum absolute atomic E-state index is 14.3. The molecule has 0 radical (unpaired) electrons. The summed E-state index contributed by atoms with van der Waals surface area (Å²) in [6.45, 7) is 3.40. The number of halogens is 4. The molecule has 4 heterocycles. The molecule has 1 atom stereocenters. The number of alkyl halides is 3. The molecule has 222 valence electrons. The van der Waals surface area contributed by atoms with Crippen molar-refractivity contribution in [3.63, 3.8) is 0 Å². The van der Waals surface area contributed by atoms with Crippen molar-refractivity contribution in [2.75, 3.05) is 25.0 Å². The quantitative estimate of drug-likeness (QED) is 0.361. The molecule has 1 aromatic carbocycles. The third kappa shape index (κ3) is 4.84. The summed E-state index contributed by atoms with van der Waals surface area (Å²) in [5, 5.41) is 2.40. The number of benzene rings is 1. The van der Waals surface area contributed by atoms with Gasteiger partial charge in [0, 0.05) is 38.7 Å². The van der Waals surface area contributed by atoms with Gasteiger partial charge in [-0.3, -0.25) is 24.2 Å². The van der Waals surface area contributed by atoms with Crippen LogP contribution in [-0.4, -0.2) is 74.7 Å². The van der Waals surface area contributed by atoms with Crippen molar-refractivity contribution < 1.29 is 36.7 Å². The largest absolute Gasteiger partial charge is 0.416 e. The first kappa shape index (κ1) is 29.0. The van der Waals surface area contributed by atoms with Crippen molar-refractivity contribution in [3.05, 3.63) is 65.9 Å². The number of anilines is 1. The van der Waals surface area contributed by atoms with Crippen LogP contribution in [0, 0.1) is 11.7 Å². The Morgan fingerprint density at radius 1 is 1.07 bits per heavy atom. The monoisotopic (exact) mass is 588 g/mol. The summed E-state index contributed by atoms with van der Waals surface area (Å²) in [5.74, 6) is -3.74. The number of fused-ring (bicyclic) bond motifs is 1. The third-order valence-electron chi connectivity index (χ3n) is 7.90. The fourth-order valence-electron chi connectivity index (χ4n) is 5.57. The van der Waals surface area contributed by atoms with Crippen LogP contribution in [0.15, 0.2) is 48.9 Å². The highest BCUT2D eigenvalue weighted by molar-refractivity contribution is 6.16. The number of imidazole rings is 1. The van der Waals surface area contributed by atoms with E-state index in [9.17, 15) is 36.7 Å². The molecule has 2 aromatic heterocycles. The highest BCUT2D eigenvalue weighted by Gasteiger charge is 2.58. The minimum Gasteiger partial charge on any atom is -0.341 e. The van der Waals surface area contributed by atoms with Crippen LogP contribution < -0.4 is 10.2 Å². The van der Waals surface area contributed by atoms with Crippen molar-refractivity contribution in [2.45, 2.75) is 44.4 Å². The fraction of sp³-hybridized carbons (Fsp3) is 0.393. The number of pyridine rings is 1. The molecule has 0 aliphatic carbocycles. The number of likely N-dealkylation sites (N-methyl/N-ethyl adjacent to an activating group) is 1. The van der Waals surface area contributed by atoms with E-state index in [1.165, 1.54) is 16.8 Å². The lowest BCUT2D eigenvalue weighted by molar-refractivity contribution is -0.139. The van der Waals surface area contributed by atoms with Gasteiger partial charge in [0.25, 0.3) is 11.8 Å². The Morgan fingerprint density at radius 3 is 2.40 bits per heavy atom. The van der Waals surface area contributed by atoms with Crippen molar-refractivity contribution in [2.24, 2.45) is 5.92 Å². The molecule has 0 bridgehead atoms. The van der Waals surface area contributed by atoms with E-state index in [0.717, 1.165) is 4.90 Å². The number of imide groups is 1. The molecule has 10 nitrogen and oxygen atoms in total. The molecule has 2 aliphatic heterocycles. The number of aromatic nitrogens is 2. The van der Waals surface area contributed by atoms with Crippen LogP contribution in [0.1, 0.15) is 42.6 Å². The minimum atomic E-state index is -4.79. The maximum Gasteiger partial charge on any atom is 0.416 e. The number of urea groups is 1. The van der Waals surface area contributed by atoms with Crippen LogP contribution in [0.3, 0.4) is 0 Å². The van der Waals surface area contributed by atoms with Crippen molar-refractivity contribution in [1.29, 1.82) is 0 Å². The number of hydrogen-bond acceptors (Lipinski definition) is 5. The zero-order valence-corrected chi connectivity index (χ0v) is 23.0. The van der Waals surface area contributed by atoms with E-state index >= 15 is 0 Å². The van der Waals surface area contributed by atoms with Gasteiger partial charge in [-0.15, -0.1) is 0 Å². The smallest absolute Gasteiger partial charge is 0.341 e. The van der Waals surface area contributed by atoms with Crippen molar-refractivity contribution >= 4 is 35.1 Å². The molecule has 5 amide bonds. The van der Waals surface area contributed by atoms with Crippen LogP contribution in [-0.2, 0) is 15.8 Å². The molecular weight excluding hydrogens is 560 g/mol. The van der Waals surface area contributed by atoms with Crippen LogP contribution in [0.25, 0.3) is 5.65 Å². The number of amides is 5. The lowest BCUT2D eigenvalue weighted by atomic mass is 9.85. The highest BCUT2D eigenvalue weighted by Crippen LogP contribution is 2.40. The SMILES string of the molecule is CC(C)C(NC(=O)c1cc(C(F)(F)F)ccc1F)C(=O)N1CCC2(CC1)C(=O)N(C)C(=O)N2c1ccc2nccn2c1. The second-order valence-electron chi connectivity index (χ2n) is 10.8. The molecule has 2 fully saturated rings. The normalized spacial score (nSPS) is 18.0. The summed E-state index contributed by atoms with van der Waals surface area (Å²) in [4.78, 5) is 61.2. The summed E-state index contributed by atoms with van der Waals surface area (Å²) < 4.78 is 55.5. The lowest BCUT2D eigenvalue weighted by Gasteiger charge is -2.43. The number of rotatable bonds is 5. The first-order valence-electron chi connectivity index (χ1n) is 13.3. The number of nitrogens with zero attached hydrogens (tertiary/aromatic N) is 5. The molecule has 1 unspecified atom stereocenters. The van der Waals surface area contributed by atoms with Gasteiger partial charge in [0.05, 0.1) is 16.8 Å². The van der Waals surface area contributed by atoms with Gasteiger partial charge in [-0.1, -0.05) is 13.8 Å². The van der Waals surface area contributed by atoms with E-state index in [4.69, 9.17) is 0 Å². The zero-order valence-electron chi connectivity index (χ0n) is 23.0. The number of likely N-dealkylation sites (tertiary alicyclic amines) is 1. The minimum absolute atomic E-state index is 0.0620. The molecule has 1 spiro atoms. The van der Waals surface area contributed by atoms with E-state index < -0.39 is 64.4 Å². The molecule has 14 heteroatoms. The predicted molar refractivity (Wildman–Crippen MR) is 142 cm³/mol. The Bertz CT molecular complexity index is 1580. The van der Waals surface area contributed by atoms with E-state index in [0.29, 0.717) is 29.5 Å². The van der Waals surface area contributed by atoms with E-state index in [1.54, 1.807) is 49.0 Å². The molecular formula is C28H28F4N6O4. The standard InChI is InChI=1S/C28H28F4N6O4/c1-16(2)22(34-23(39)19-14-17(28(30,31)32)4-6-20(19)29)24(40)36-11-8-27(9-12-36)25(41)35(3)26(42)38(27)18-5-7-21-33-10-13-37(21)15-18/h4-7,10,13-16,22H,8-9,11-12H2,1-3H3,(H,34,39). The van der Waals surface area contributed by atoms with E-state index in [-0.39, 0.29) is 25.9 Å². The van der Waals surface area contributed by atoms with Gasteiger partial charge in [0.2, 0.25) is 5.91 Å². The number of carbonyl (C=O) groups excluding carboxylic acids is 4. The molecule has 2 saturated heterocycles. The number of nitrogens with one attached hydrogen (secondary N) is 1. The Labute approximate surface area is 237 Å². The maximum atomic E-state index is 14.3. The molecule has 2 aliphatic rings. The van der Waals surface area contributed by atoms with Crippen molar-refractivity contribution in [1.82, 2.24) is 24.5 Å². The second-order valence-corrected chi connectivity index (χ2v) is 10.8. The van der Waals surface area contributed by atoms with Gasteiger partial charge >= 0.3 is 12.2 Å². The Kier molecular flexibility index (Phi) is 7.19.